The molecule has 0 aliphatic rings. The highest BCUT2D eigenvalue weighted by molar-refractivity contribution is 6.25. The van der Waals surface area contributed by atoms with Crippen LogP contribution < -0.4 is 0 Å². The minimum absolute atomic E-state index is 0.0248. The molecule has 10 aromatic rings. The quantitative estimate of drug-likeness (QED) is 0.167. The molecule has 1 heteroatoms. The van der Waals surface area contributed by atoms with Gasteiger partial charge in [0.05, 0.1) is 17.8 Å². The molecule has 0 saturated heterocycles. The van der Waals surface area contributed by atoms with Crippen molar-refractivity contribution in [2.45, 2.75) is 0 Å². The van der Waals surface area contributed by atoms with E-state index in [1.54, 1.807) is 0 Å². The van der Waals surface area contributed by atoms with Gasteiger partial charge in [-0.1, -0.05) is 176 Å². The monoisotopic (exact) mass is 661 g/mol. The Morgan fingerprint density at radius 3 is 1.47 bits per heavy atom. The summed E-state index contributed by atoms with van der Waals surface area (Å²) in [5.41, 5.74) is 3.63. The van der Waals surface area contributed by atoms with Crippen LogP contribution in [0.15, 0.2) is 198 Å². The minimum Gasteiger partial charge on any atom is -0.456 e. The van der Waals surface area contributed by atoms with Gasteiger partial charge >= 0.3 is 0 Å². The van der Waals surface area contributed by atoms with E-state index < -0.39 is 101 Å². The van der Waals surface area contributed by atoms with E-state index in [1.807, 2.05) is 97.1 Å². The smallest absolute Gasteiger partial charge is 0.136 e. The van der Waals surface area contributed by atoms with Crippen LogP contribution in [0.4, 0.5) is 0 Å². The first-order valence-electron chi connectivity index (χ1n) is 23.0. The lowest BCUT2D eigenvalue weighted by Gasteiger charge is -2.18. The summed E-state index contributed by atoms with van der Waals surface area (Å²) in [5, 5.41) is 4.68. The lowest BCUT2D eigenvalue weighted by molar-refractivity contribution is 0.669. The first-order valence-corrected chi connectivity index (χ1v) is 16.5. The molecule has 0 spiro atoms. The highest BCUT2D eigenvalue weighted by atomic mass is 16.3. The minimum atomic E-state index is -0.764. The Kier molecular flexibility index (Phi) is 4.45. The van der Waals surface area contributed by atoms with Crippen molar-refractivity contribution in [1.82, 2.24) is 0 Å². The van der Waals surface area contributed by atoms with Crippen molar-refractivity contribution in [2.75, 3.05) is 0 Å². The Morgan fingerprint density at radius 1 is 0.333 bits per heavy atom. The summed E-state index contributed by atoms with van der Waals surface area (Å²) in [6.07, 6.45) is 0. The Bertz CT molecular complexity index is 3510. The Labute approximate surface area is 315 Å². The van der Waals surface area contributed by atoms with Gasteiger partial charge in [-0.3, -0.25) is 0 Å². The molecule has 0 atom stereocenters. The second-order valence-corrected chi connectivity index (χ2v) is 12.2. The van der Waals surface area contributed by atoms with Crippen LogP contribution >= 0.6 is 0 Å². The molecule has 1 nitrogen and oxygen atoms in total. The Hall–Kier alpha value is -6.70. The largest absolute Gasteiger partial charge is 0.456 e. The van der Waals surface area contributed by atoms with Crippen LogP contribution in [-0.2, 0) is 0 Å². The van der Waals surface area contributed by atoms with Gasteiger partial charge in [0.15, 0.2) is 0 Å². The van der Waals surface area contributed by atoms with Gasteiger partial charge in [-0.2, -0.15) is 0 Å². The van der Waals surface area contributed by atoms with Crippen molar-refractivity contribution in [3.63, 3.8) is 0 Å². The van der Waals surface area contributed by atoms with Gasteiger partial charge in [0.2, 0.25) is 0 Å². The van der Waals surface area contributed by atoms with E-state index in [4.69, 9.17) is 16.8 Å². The van der Waals surface area contributed by atoms with Crippen LogP contribution in [0.3, 0.4) is 0 Å². The normalized spacial score (nSPS) is 15.1. The molecule has 238 valence electrons. The maximum atomic E-state index is 9.52. The summed E-state index contributed by atoms with van der Waals surface area (Å²) >= 11 is 0. The molecule has 0 fully saturated rings. The van der Waals surface area contributed by atoms with E-state index in [9.17, 15) is 5.48 Å². The molecule has 9 aromatic carbocycles. The number of hydrogen-bond donors (Lipinski definition) is 0. The molecule has 0 saturated carbocycles. The van der Waals surface area contributed by atoms with Crippen molar-refractivity contribution >= 4 is 43.5 Å². The first kappa shape index (κ1) is 18.9. The van der Waals surface area contributed by atoms with E-state index in [0.29, 0.717) is 21.9 Å². The molecule has 10 rings (SSSR count). The van der Waals surface area contributed by atoms with Gasteiger partial charge in [0.1, 0.15) is 11.2 Å². The first-order chi connectivity index (χ1) is 30.7. The number of rotatable bonds is 5. The number of benzene rings is 9. The zero-order valence-corrected chi connectivity index (χ0v) is 26.9. The number of hydrogen-bond acceptors (Lipinski definition) is 1. The summed E-state index contributed by atoms with van der Waals surface area (Å²) in [6, 6.07) is 28.6. The van der Waals surface area contributed by atoms with E-state index in [2.05, 4.69) is 18.2 Å². The molecule has 0 unspecified atom stereocenters. The van der Waals surface area contributed by atoms with Gasteiger partial charge in [-0.05, 0) is 95.4 Å². The zero-order chi connectivity index (χ0) is 45.0. The van der Waals surface area contributed by atoms with Crippen LogP contribution in [0.5, 0.6) is 0 Å². The molecule has 0 aliphatic heterocycles. The van der Waals surface area contributed by atoms with Crippen LogP contribution in [-0.4, -0.2) is 0 Å². The summed E-state index contributed by atoms with van der Waals surface area (Å²) in [5.74, 6) is 0. The summed E-state index contributed by atoms with van der Waals surface area (Å²) in [7, 11) is 0. The third-order valence-corrected chi connectivity index (χ3v) is 9.30. The average Bonchev–Trinajstić information content (AvgIpc) is 3.70. The Morgan fingerprint density at radius 2 is 0.863 bits per heavy atom. The Balaban J connectivity index is 1.22. The van der Waals surface area contributed by atoms with Crippen molar-refractivity contribution in [1.29, 1.82) is 0 Å². The summed E-state index contributed by atoms with van der Waals surface area (Å²) in [4.78, 5) is 0. The molecule has 0 radical (unpaired) electrons. The fourth-order valence-corrected chi connectivity index (χ4v) is 7.03. The van der Waals surface area contributed by atoms with Crippen LogP contribution in [0, 0.1) is 0 Å². The topological polar surface area (TPSA) is 13.1 Å². The molecule has 0 amide bonds. The SMILES string of the molecule is [2H]c1c([2H])c([2H])c(-c2c([2H])c([2H])c(-c3c([2H])c([2H])c(-c4c5ccccc5c(-c5cccc6oc7ccc(-c8ccccc8)cc7c56)c5ccccc45)c([2H])c3[2H])c([2H])c2[2H])c([2H])c1[2H]. The number of furan rings is 1. The standard InChI is InChI=1S/C50H32O/c1-3-12-33(13-4-1)35-22-24-36(25-23-35)37-26-28-38(29-27-37)48-40-16-7-9-18-42(40)49(43-19-10-8-17-41(43)48)44-20-11-21-47-50(44)45-32-39(30-31-46(45)51-47)34-14-5-2-6-15-34/h1-32H/i1D,3D,4D,12D,13D,22D,23D,24D,25D,26D,27D,28D,29D. The van der Waals surface area contributed by atoms with Crippen LogP contribution in [0.1, 0.15) is 17.8 Å². The van der Waals surface area contributed by atoms with Crippen molar-refractivity contribution in [2.24, 2.45) is 0 Å². The highest BCUT2D eigenvalue weighted by Gasteiger charge is 2.20. The average molecular weight is 662 g/mol. The van der Waals surface area contributed by atoms with Gasteiger partial charge in [0, 0.05) is 10.8 Å². The van der Waals surface area contributed by atoms with Gasteiger partial charge in [0.25, 0.3) is 0 Å². The predicted octanol–water partition coefficient (Wildman–Crippen LogP) is 14.2. The second kappa shape index (κ2) is 12.0. The molecule has 1 aromatic heterocycles. The number of fused-ring (bicyclic) bond motifs is 5. The third kappa shape index (κ3) is 4.94. The maximum Gasteiger partial charge on any atom is 0.136 e. The molecule has 0 N–H and O–H groups in total. The lowest BCUT2D eigenvalue weighted by atomic mass is 9.84. The molecule has 0 aliphatic carbocycles. The second-order valence-electron chi connectivity index (χ2n) is 12.2. The van der Waals surface area contributed by atoms with Crippen molar-refractivity contribution < 1.29 is 22.2 Å². The molecular weight excluding hydrogens is 617 g/mol. The van der Waals surface area contributed by atoms with Crippen LogP contribution in [0.2, 0.25) is 0 Å². The van der Waals surface area contributed by atoms with E-state index in [1.165, 1.54) is 0 Å². The highest BCUT2D eigenvalue weighted by Crippen LogP contribution is 2.47. The third-order valence-electron chi connectivity index (χ3n) is 9.30. The summed E-state index contributed by atoms with van der Waals surface area (Å²) < 4.78 is 121. The summed E-state index contributed by atoms with van der Waals surface area (Å²) in [6.45, 7) is 0. The van der Waals surface area contributed by atoms with Gasteiger partial charge < -0.3 is 4.42 Å². The fraction of sp³-hybridized carbons (Fsp3) is 0. The lowest BCUT2D eigenvalue weighted by Crippen LogP contribution is -1.91. The van der Waals surface area contributed by atoms with Gasteiger partial charge in [-0.25, -0.2) is 0 Å². The van der Waals surface area contributed by atoms with Gasteiger partial charge in [-0.15, -0.1) is 0 Å². The maximum absolute atomic E-state index is 9.52. The van der Waals surface area contributed by atoms with E-state index in [0.717, 1.165) is 49.4 Å². The van der Waals surface area contributed by atoms with Crippen LogP contribution in [0.25, 0.3) is 99.1 Å². The van der Waals surface area contributed by atoms with Crippen molar-refractivity contribution in [3.05, 3.63) is 194 Å². The van der Waals surface area contributed by atoms with E-state index >= 15 is 0 Å². The molecule has 51 heavy (non-hydrogen) atoms. The molecular formula is C50H32O. The van der Waals surface area contributed by atoms with Crippen molar-refractivity contribution in [3.8, 4) is 55.6 Å². The molecule has 1 heterocycles. The zero-order valence-electron chi connectivity index (χ0n) is 39.9. The van der Waals surface area contributed by atoms with E-state index in [-0.39, 0.29) is 5.56 Å². The predicted molar refractivity (Wildman–Crippen MR) is 216 cm³/mol. The molecule has 0 bridgehead atoms. The fourth-order valence-electron chi connectivity index (χ4n) is 7.03.